The van der Waals surface area contributed by atoms with Gasteiger partial charge in [-0.2, -0.15) is 0 Å². The molecule has 1 aromatic carbocycles. The van der Waals surface area contributed by atoms with Gasteiger partial charge < -0.3 is 12.9 Å². The molecular weight excluding hydrogens is 235 g/mol. The van der Waals surface area contributed by atoms with Crippen LogP contribution in [0.15, 0.2) is 23.1 Å². The number of hydrogen-bond donors (Lipinski definition) is 0. The van der Waals surface area contributed by atoms with E-state index in [0.29, 0.717) is 5.56 Å². The van der Waals surface area contributed by atoms with Crippen molar-refractivity contribution in [2.45, 2.75) is 11.8 Å². The van der Waals surface area contributed by atoms with Crippen LogP contribution in [0.1, 0.15) is 5.56 Å². The Morgan fingerprint density at radius 1 is 1.21 bits per heavy atom. The van der Waals surface area contributed by atoms with E-state index < -0.39 is 12.4 Å². The number of aryl methyl sites for hydroxylation is 1. The van der Waals surface area contributed by atoms with E-state index >= 15 is 0 Å². The Labute approximate surface area is 129 Å². The van der Waals surface area contributed by atoms with Gasteiger partial charge in [0, 0.05) is 4.90 Å². The van der Waals surface area contributed by atoms with Crippen molar-refractivity contribution in [3.8, 4) is 0 Å². The maximum Gasteiger partial charge on any atom is 1.00 e. The summed E-state index contributed by atoms with van der Waals surface area (Å²) in [5.41, 5.74) is -0.183. The predicted octanol–water partition coefficient (Wildman–Crippen LogP) is -0.225. The fourth-order valence-electron chi connectivity index (χ4n) is 1.14. The Morgan fingerprint density at radius 2 is 1.79 bits per heavy atom. The van der Waals surface area contributed by atoms with Gasteiger partial charge in [0.05, 0.1) is 0 Å². The van der Waals surface area contributed by atoms with E-state index in [4.69, 9.17) is 0 Å². The molecule has 72 valence electrons. The Balaban J connectivity index is 0.00000169. The summed E-state index contributed by atoms with van der Waals surface area (Å²) in [7, 11) is 0. The van der Waals surface area contributed by atoms with Crippen molar-refractivity contribution in [2.75, 3.05) is 6.26 Å². The molecule has 0 unspecified atom stereocenters. The van der Waals surface area contributed by atoms with Gasteiger partial charge >= 0.3 is 58.4 Å². The molecule has 0 aliphatic heterocycles. The van der Waals surface area contributed by atoms with E-state index in [1.165, 1.54) is 24.8 Å². The molecule has 1 aromatic rings. The minimum Gasteiger partial charge on any atom is -0.445 e. The summed E-state index contributed by atoms with van der Waals surface area (Å²) in [5, 5.41) is 0. The molecule has 0 saturated carbocycles. The van der Waals surface area contributed by atoms with Gasteiger partial charge in [-0.15, -0.1) is 17.2 Å². The molecule has 0 amide bonds. The quantitative estimate of drug-likeness (QED) is 0.512. The zero-order valence-electron chi connectivity index (χ0n) is 8.35. The van der Waals surface area contributed by atoms with Gasteiger partial charge in [0.1, 0.15) is 0 Å². The Morgan fingerprint density at radius 3 is 2.14 bits per heavy atom. The van der Waals surface area contributed by atoms with Crippen LogP contribution >= 0.6 is 11.8 Å². The largest absolute Gasteiger partial charge is 1.00 e. The fraction of sp³-hybridized carbons (Fsp3) is 0.250. The maximum atomic E-state index is 12.3. The van der Waals surface area contributed by atoms with E-state index in [2.05, 4.69) is 0 Å². The predicted molar refractivity (Wildman–Crippen MR) is 51.7 cm³/mol. The summed E-state index contributed by atoms with van der Waals surface area (Å²) >= 11 is 1.44. The molecule has 0 radical (unpaired) electrons. The number of rotatable bonds is 2. The van der Waals surface area contributed by atoms with Crippen LogP contribution in [-0.4, -0.2) is 13.2 Å². The molecule has 0 aliphatic carbocycles. The van der Waals surface area contributed by atoms with E-state index in [1.807, 2.05) is 6.26 Å². The average Bonchev–Trinajstić information content (AvgIpc) is 2.01. The van der Waals surface area contributed by atoms with Gasteiger partial charge in [-0.1, -0.05) is 17.7 Å². The third kappa shape index (κ3) is 3.90. The van der Waals surface area contributed by atoms with Gasteiger partial charge in [0.2, 0.25) is 0 Å². The monoisotopic (exact) mass is 244 g/mol. The topological polar surface area (TPSA) is 0 Å². The van der Waals surface area contributed by atoms with Crippen LogP contribution in [0.3, 0.4) is 0 Å². The normalized spacial score (nSPS) is 10.9. The smallest absolute Gasteiger partial charge is 0.445 e. The number of benzene rings is 1. The molecule has 6 heteroatoms. The summed E-state index contributed by atoms with van der Waals surface area (Å²) in [4.78, 5) is 0.862. The average molecular weight is 244 g/mol. The third-order valence-corrected chi connectivity index (χ3v) is 2.55. The molecule has 0 aromatic heterocycles. The minimum absolute atomic E-state index is 0. The molecule has 0 nitrogen and oxygen atoms in total. The second-order valence-corrected chi connectivity index (χ2v) is 3.68. The summed E-state index contributed by atoms with van der Waals surface area (Å²) in [6.45, 7) is -3.37. The van der Waals surface area contributed by atoms with Gasteiger partial charge in [-0.25, -0.2) is 0 Å². The first-order valence-electron chi connectivity index (χ1n) is 3.79. The van der Waals surface area contributed by atoms with E-state index in [-0.39, 0.29) is 51.4 Å². The van der Waals surface area contributed by atoms with Crippen LogP contribution in [0.25, 0.3) is 0 Å². The van der Waals surface area contributed by atoms with Crippen molar-refractivity contribution in [1.29, 1.82) is 0 Å². The maximum absolute atomic E-state index is 12.3. The Hall–Kier alpha value is 1.06. The molecule has 0 fully saturated rings. The van der Waals surface area contributed by atoms with Crippen molar-refractivity contribution in [3.05, 3.63) is 23.8 Å². The zero-order valence-corrected chi connectivity index (χ0v) is 12.3. The number of halogens is 3. The van der Waals surface area contributed by atoms with Crippen LogP contribution in [0.4, 0.5) is 12.9 Å². The molecule has 14 heavy (non-hydrogen) atoms. The van der Waals surface area contributed by atoms with Crippen molar-refractivity contribution < 1.29 is 64.3 Å². The second-order valence-electron chi connectivity index (χ2n) is 2.80. The summed E-state index contributed by atoms with van der Waals surface area (Å²) < 4.78 is 37.0. The van der Waals surface area contributed by atoms with Crippen LogP contribution in [0.2, 0.25) is 0 Å². The SMILES string of the molecule is CSc1ccc([B-](F)(F)F)c(C)c1.[K+]. The molecule has 1 rings (SSSR count). The van der Waals surface area contributed by atoms with Crippen molar-refractivity contribution in [3.63, 3.8) is 0 Å². The van der Waals surface area contributed by atoms with Gasteiger partial charge in [-0.05, 0) is 19.2 Å². The number of hydrogen-bond acceptors (Lipinski definition) is 1. The van der Waals surface area contributed by atoms with Crippen LogP contribution in [0.5, 0.6) is 0 Å². The molecule has 0 saturated heterocycles. The van der Waals surface area contributed by atoms with Gasteiger partial charge in [-0.3, -0.25) is 0 Å². The van der Waals surface area contributed by atoms with Crippen LogP contribution in [-0.2, 0) is 0 Å². The first kappa shape index (κ1) is 15.1. The Bertz CT molecular complexity index is 314. The molecule has 0 spiro atoms. The molecule has 0 heterocycles. The molecule has 0 bridgehead atoms. The third-order valence-electron chi connectivity index (χ3n) is 1.83. The Kier molecular flexibility index (Phi) is 6.41. The summed E-state index contributed by atoms with van der Waals surface area (Å²) in [5.74, 6) is 0. The van der Waals surface area contributed by atoms with Gasteiger partial charge in [0.15, 0.2) is 0 Å². The minimum atomic E-state index is -4.86. The molecule has 0 N–H and O–H groups in total. The van der Waals surface area contributed by atoms with Crippen LogP contribution < -0.4 is 56.8 Å². The first-order valence-corrected chi connectivity index (χ1v) is 5.02. The van der Waals surface area contributed by atoms with E-state index in [0.717, 1.165) is 11.0 Å². The van der Waals surface area contributed by atoms with Crippen molar-refractivity contribution in [1.82, 2.24) is 0 Å². The summed E-state index contributed by atoms with van der Waals surface area (Å²) in [6.07, 6.45) is 1.84. The zero-order chi connectivity index (χ0) is 10.1. The van der Waals surface area contributed by atoms with E-state index in [9.17, 15) is 12.9 Å². The van der Waals surface area contributed by atoms with E-state index in [1.54, 1.807) is 6.07 Å². The molecule has 0 aliphatic rings. The van der Waals surface area contributed by atoms with Gasteiger partial charge in [0.25, 0.3) is 0 Å². The van der Waals surface area contributed by atoms with Crippen LogP contribution in [0, 0.1) is 6.92 Å². The second kappa shape index (κ2) is 5.96. The molecular formula is C8H9BF3KS. The standard InChI is InChI=1S/C8H9BF3S.K/c1-6-5-7(13-2)3-4-8(6)9(10,11)12;/h3-5H,1-2H3;/q-1;+1. The fourth-order valence-corrected chi connectivity index (χ4v) is 1.64. The number of thioether (sulfide) groups is 1. The molecule has 0 atom stereocenters. The summed E-state index contributed by atoms with van der Waals surface area (Å²) in [6, 6.07) is 4.22. The first-order chi connectivity index (χ1) is 5.95. The van der Waals surface area contributed by atoms with Crippen molar-refractivity contribution in [2.24, 2.45) is 0 Å². The van der Waals surface area contributed by atoms with Crippen molar-refractivity contribution >= 4 is 24.2 Å².